The van der Waals surface area contributed by atoms with Crippen molar-refractivity contribution in [3.05, 3.63) is 90.4 Å². The molecule has 1 fully saturated rings. The number of hydrogen-bond acceptors (Lipinski definition) is 4. The number of hydrogen-bond donors (Lipinski definition) is 2. The van der Waals surface area contributed by atoms with Gasteiger partial charge in [-0.3, -0.25) is 14.7 Å². The Hall–Kier alpha value is -3.64. The number of carbonyl (C=O) groups excluding carboxylic acids is 1. The summed E-state index contributed by atoms with van der Waals surface area (Å²) in [5.74, 6) is 0.0497. The number of piperazine rings is 1. The number of carbonyl (C=O) groups is 1. The Morgan fingerprint density at radius 1 is 0.912 bits per heavy atom. The number of rotatable bonds is 8. The van der Waals surface area contributed by atoms with E-state index in [0.29, 0.717) is 12.8 Å². The smallest absolute Gasteiger partial charge is 0.224 e. The van der Waals surface area contributed by atoms with E-state index in [-0.39, 0.29) is 5.91 Å². The number of anilines is 2. The van der Waals surface area contributed by atoms with Crippen LogP contribution in [-0.2, 0) is 17.6 Å². The number of amides is 1. The number of aryl methyl sites for hydroxylation is 1. The number of aromatic nitrogens is 2. The number of nitrogens with zero attached hydrogens (tertiary/aromatic N) is 3. The monoisotopic (exact) mass is 453 g/mol. The molecule has 0 aliphatic carbocycles. The average molecular weight is 454 g/mol. The predicted molar refractivity (Wildman–Crippen MR) is 138 cm³/mol. The Labute approximate surface area is 200 Å². The lowest BCUT2D eigenvalue weighted by atomic mass is 10.1. The van der Waals surface area contributed by atoms with Gasteiger partial charge in [-0.2, -0.15) is 0 Å². The van der Waals surface area contributed by atoms with Crippen LogP contribution in [0, 0.1) is 0 Å². The summed E-state index contributed by atoms with van der Waals surface area (Å²) in [5, 5.41) is 4.36. The first-order valence-electron chi connectivity index (χ1n) is 12.1. The van der Waals surface area contributed by atoms with Crippen molar-refractivity contribution in [2.24, 2.45) is 0 Å². The van der Waals surface area contributed by atoms with Gasteiger partial charge in [-0.1, -0.05) is 30.3 Å². The summed E-state index contributed by atoms with van der Waals surface area (Å²) in [6.45, 7) is 5.02. The van der Waals surface area contributed by atoms with E-state index >= 15 is 0 Å². The number of pyridine rings is 1. The van der Waals surface area contributed by atoms with E-state index in [2.05, 4.69) is 55.4 Å². The molecule has 1 amide bonds. The standard InChI is InChI=1S/C28H31N5O/c34-28(10-9-23-21-30-25-6-2-1-5-24(23)25)31-26-7-3-4-8-27(26)33-19-17-32(18-20-33)16-13-22-11-14-29-15-12-22/h1-8,11-12,14-15,21,30H,9-10,13,16-20H2,(H,31,34). The molecule has 1 aliphatic rings. The Morgan fingerprint density at radius 3 is 2.53 bits per heavy atom. The van der Waals surface area contributed by atoms with E-state index in [9.17, 15) is 4.79 Å². The van der Waals surface area contributed by atoms with E-state index in [1.165, 1.54) is 16.5 Å². The van der Waals surface area contributed by atoms with Crippen molar-refractivity contribution in [2.75, 3.05) is 42.9 Å². The van der Waals surface area contributed by atoms with Crippen molar-refractivity contribution in [3.8, 4) is 0 Å². The fourth-order valence-corrected chi connectivity index (χ4v) is 4.70. The quantitative estimate of drug-likeness (QED) is 0.412. The van der Waals surface area contributed by atoms with Crippen LogP contribution < -0.4 is 10.2 Å². The van der Waals surface area contributed by atoms with Gasteiger partial charge in [0.2, 0.25) is 5.91 Å². The minimum atomic E-state index is 0.0497. The molecule has 2 aromatic heterocycles. The van der Waals surface area contributed by atoms with Gasteiger partial charge < -0.3 is 15.2 Å². The van der Waals surface area contributed by atoms with Gasteiger partial charge in [0.05, 0.1) is 11.4 Å². The first-order chi connectivity index (χ1) is 16.8. The van der Waals surface area contributed by atoms with Crippen LogP contribution in [0.15, 0.2) is 79.3 Å². The third-order valence-electron chi connectivity index (χ3n) is 6.65. The van der Waals surface area contributed by atoms with E-state index < -0.39 is 0 Å². The Balaban J connectivity index is 1.15. The number of fused-ring (bicyclic) bond motifs is 1. The van der Waals surface area contributed by atoms with Gasteiger partial charge in [0, 0.05) is 68.6 Å². The maximum atomic E-state index is 12.8. The number of benzene rings is 2. The molecule has 0 radical (unpaired) electrons. The van der Waals surface area contributed by atoms with Crippen molar-refractivity contribution in [3.63, 3.8) is 0 Å². The lowest BCUT2D eigenvalue weighted by Gasteiger charge is -2.37. The zero-order valence-electron chi connectivity index (χ0n) is 19.4. The molecule has 4 aromatic rings. The molecule has 0 atom stereocenters. The molecule has 2 aromatic carbocycles. The number of nitrogens with one attached hydrogen (secondary N) is 2. The second kappa shape index (κ2) is 10.5. The third-order valence-corrected chi connectivity index (χ3v) is 6.65. The highest BCUT2D eigenvalue weighted by molar-refractivity contribution is 5.95. The SMILES string of the molecule is O=C(CCc1c[nH]c2ccccc12)Nc1ccccc1N1CCN(CCc2ccncc2)CC1. The summed E-state index contributed by atoms with van der Waals surface area (Å²) in [4.78, 5) is 25.1. The van der Waals surface area contributed by atoms with Gasteiger partial charge >= 0.3 is 0 Å². The highest BCUT2D eigenvalue weighted by atomic mass is 16.1. The molecule has 1 aliphatic heterocycles. The normalized spacial score (nSPS) is 14.4. The lowest BCUT2D eigenvalue weighted by molar-refractivity contribution is -0.116. The van der Waals surface area contributed by atoms with Crippen LogP contribution in [0.5, 0.6) is 0 Å². The summed E-state index contributed by atoms with van der Waals surface area (Å²) in [6.07, 6.45) is 7.96. The van der Waals surface area contributed by atoms with Crippen LogP contribution in [-0.4, -0.2) is 53.5 Å². The fraction of sp³-hybridized carbons (Fsp3) is 0.286. The minimum absolute atomic E-state index is 0.0497. The van der Waals surface area contributed by atoms with Crippen LogP contribution >= 0.6 is 0 Å². The van der Waals surface area contributed by atoms with Gasteiger partial charge in [-0.15, -0.1) is 0 Å². The highest BCUT2D eigenvalue weighted by Crippen LogP contribution is 2.27. The molecule has 0 spiro atoms. The molecule has 6 heteroatoms. The molecular weight excluding hydrogens is 422 g/mol. The molecule has 1 saturated heterocycles. The first kappa shape index (κ1) is 22.2. The summed E-state index contributed by atoms with van der Waals surface area (Å²) < 4.78 is 0. The molecule has 6 nitrogen and oxygen atoms in total. The second-order valence-corrected chi connectivity index (χ2v) is 8.86. The first-order valence-corrected chi connectivity index (χ1v) is 12.1. The summed E-state index contributed by atoms with van der Waals surface area (Å²) in [7, 11) is 0. The molecule has 2 N–H and O–H groups in total. The van der Waals surface area contributed by atoms with Crippen LogP contribution in [0.1, 0.15) is 17.5 Å². The Kier molecular flexibility index (Phi) is 6.86. The average Bonchev–Trinajstić information content (AvgIpc) is 3.31. The van der Waals surface area contributed by atoms with Gasteiger partial charge in [-0.25, -0.2) is 0 Å². The molecule has 0 saturated carbocycles. The van der Waals surface area contributed by atoms with Crippen molar-refractivity contribution in [2.45, 2.75) is 19.3 Å². The predicted octanol–water partition coefficient (Wildman–Crippen LogP) is 4.50. The number of para-hydroxylation sites is 3. The van der Waals surface area contributed by atoms with E-state index in [0.717, 1.165) is 56.0 Å². The molecule has 5 rings (SSSR count). The molecule has 174 valence electrons. The number of aromatic amines is 1. The van der Waals surface area contributed by atoms with Crippen molar-refractivity contribution < 1.29 is 4.79 Å². The maximum Gasteiger partial charge on any atom is 0.224 e. The topological polar surface area (TPSA) is 64.3 Å². The molecule has 0 unspecified atom stereocenters. The maximum absolute atomic E-state index is 12.8. The van der Waals surface area contributed by atoms with Crippen molar-refractivity contribution in [1.29, 1.82) is 0 Å². The van der Waals surface area contributed by atoms with Gasteiger partial charge in [0.1, 0.15) is 0 Å². The van der Waals surface area contributed by atoms with E-state index in [1.807, 2.05) is 48.9 Å². The second-order valence-electron chi connectivity index (χ2n) is 8.86. The van der Waals surface area contributed by atoms with E-state index in [4.69, 9.17) is 0 Å². The van der Waals surface area contributed by atoms with Crippen LogP contribution in [0.3, 0.4) is 0 Å². The molecule has 3 heterocycles. The van der Waals surface area contributed by atoms with Gasteiger partial charge in [0.15, 0.2) is 0 Å². The molecule has 34 heavy (non-hydrogen) atoms. The fourth-order valence-electron chi connectivity index (χ4n) is 4.70. The summed E-state index contributed by atoms with van der Waals surface area (Å²) >= 11 is 0. The Morgan fingerprint density at radius 2 is 1.68 bits per heavy atom. The Bertz CT molecular complexity index is 1230. The van der Waals surface area contributed by atoms with Gasteiger partial charge in [-0.05, 0) is 54.3 Å². The zero-order valence-corrected chi connectivity index (χ0v) is 19.4. The lowest BCUT2D eigenvalue weighted by Crippen LogP contribution is -2.47. The largest absolute Gasteiger partial charge is 0.367 e. The zero-order chi connectivity index (χ0) is 23.2. The molecular formula is C28H31N5O. The number of H-pyrrole nitrogens is 1. The third kappa shape index (κ3) is 5.29. The minimum Gasteiger partial charge on any atom is -0.367 e. The van der Waals surface area contributed by atoms with Crippen LogP contribution in [0.2, 0.25) is 0 Å². The molecule has 0 bridgehead atoms. The highest BCUT2D eigenvalue weighted by Gasteiger charge is 2.19. The van der Waals surface area contributed by atoms with Crippen molar-refractivity contribution >= 4 is 28.2 Å². The van der Waals surface area contributed by atoms with Crippen LogP contribution in [0.4, 0.5) is 11.4 Å². The summed E-state index contributed by atoms with van der Waals surface area (Å²) in [5.41, 5.74) is 5.64. The van der Waals surface area contributed by atoms with E-state index in [1.54, 1.807) is 0 Å². The van der Waals surface area contributed by atoms with Gasteiger partial charge in [0.25, 0.3) is 0 Å². The van der Waals surface area contributed by atoms with Crippen LogP contribution in [0.25, 0.3) is 10.9 Å². The van der Waals surface area contributed by atoms with Crippen molar-refractivity contribution in [1.82, 2.24) is 14.9 Å². The summed E-state index contributed by atoms with van der Waals surface area (Å²) in [6, 6.07) is 20.6.